The van der Waals surface area contributed by atoms with Gasteiger partial charge in [0.1, 0.15) is 11.2 Å². The standard InChI is InChI=1S/C31H45N3O4/c1-8-11-27(25-14-12-22(4)13-15-25)32-30(36)34-28(35)31(9-2,10-3)29(34)38-26-18-16-24(17-19-26)23(5)33(6)20-21-37-7/h12-19,23,27,29H,8-11,20-21H2,1-7H3,(H,32,36)/t23-,27+,29-/m0/s1. The summed E-state index contributed by atoms with van der Waals surface area (Å²) in [6, 6.07) is 15.8. The van der Waals surface area contributed by atoms with Crippen molar-refractivity contribution in [2.24, 2.45) is 5.41 Å². The quantitative estimate of drug-likeness (QED) is 0.315. The van der Waals surface area contributed by atoms with Crippen molar-refractivity contribution in [3.63, 3.8) is 0 Å². The number of nitrogens with zero attached hydrogens (tertiary/aromatic N) is 2. The lowest BCUT2D eigenvalue weighted by atomic mass is 9.72. The van der Waals surface area contributed by atoms with Crippen molar-refractivity contribution in [1.29, 1.82) is 0 Å². The van der Waals surface area contributed by atoms with Crippen molar-refractivity contribution >= 4 is 11.9 Å². The number of benzene rings is 2. The molecule has 3 rings (SSSR count). The molecule has 208 valence electrons. The minimum absolute atomic E-state index is 0.171. The van der Waals surface area contributed by atoms with Crippen LogP contribution >= 0.6 is 0 Å². The van der Waals surface area contributed by atoms with E-state index in [2.05, 4.69) is 31.1 Å². The summed E-state index contributed by atoms with van der Waals surface area (Å²) in [6.07, 6.45) is 2.25. The topological polar surface area (TPSA) is 71.1 Å². The Morgan fingerprint density at radius 1 is 1.05 bits per heavy atom. The summed E-state index contributed by atoms with van der Waals surface area (Å²) in [5, 5.41) is 3.11. The summed E-state index contributed by atoms with van der Waals surface area (Å²) in [4.78, 5) is 30.4. The van der Waals surface area contributed by atoms with Crippen LogP contribution in [0.3, 0.4) is 0 Å². The Kier molecular flexibility index (Phi) is 10.3. The summed E-state index contributed by atoms with van der Waals surface area (Å²) in [5.41, 5.74) is 2.65. The first kappa shape index (κ1) is 29.7. The molecule has 1 aliphatic rings. The van der Waals surface area contributed by atoms with E-state index >= 15 is 0 Å². The first-order valence-corrected chi connectivity index (χ1v) is 13.9. The average molecular weight is 524 g/mol. The van der Waals surface area contributed by atoms with Crippen molar-refractivity contribution in [1.82, 2.24) is 15.1 Å². The normalized spacial score (nSPS) is 18.2. The third-order valence-corrected chi connectivity index (χ3v) is 8.11. The van der Waals surface area contributed by atoms with Gasteiger partial charge in [-0.05, 0) is 63.4 Å². The number of nitrogens with one attached hydrogen (secondary N) is 1. The molecule has 1 aliphatic heterocycles. The highest BCUT2D eigenvalue weighted by atomic mass is 16.5. The first-order valence-electron chi connectivity index (χ1n) is 13.9. The molecule has 0 spiro atoms. The Bertz CT molecular complexity index is 1050. The molecule has 3 amide bonds. The number of ether oxygens (including phenoxy) is 2. The molecule has 3 atom stereocenters. The van der Waals surface area contributed by atoms with Gasteiger partial charge < -0.3 is 14.8 Å². The summed E-state index contributed by atoms with van der Waals surface area (Å²) < 4.78 is 11.6. The van der Waals surface area contributed by atoms with Gasteiger partial charge >= 0.3 is 6.03 Å². The fourth-order valence-corrected chi connectivity index (χ4v) is 5.16. The predicted octanol–water partition coefficient (Wildman–Crippen LogP) is 6.24. The third-order valence-electron chi connectivity index (χ3n) is 8.11. The van der Waals surface area contributed by atoms with Crippen molar-refractivity contribution < 1.29 is 19.1 Å². The lowest BCUT2D eigenvalue weighted by Gasteiger charge is -2.53. The van der Waals surface area contributed by atoms with E-state index in [1.54, 1.807) is 7.11 Å². The number of carbonyl (C=O) groups is 2. The van der Waals surface area contributed by atoms with E-state index in [0.29, 0.717) is 25.2 Å². The minimum atomic E-state index is -0.714. The molecule has 38 heavy (non-hydrogen) atoms. The number of hydrogen-bond donors (Lipinski definition) is 1. The van der Waals surface area contributed by atoms with E-state index in [4.69, 9.17) is 9.47 Å². The van der Waals surface area contributed by atoms with Crippen LogP contribution in [0.4, 0.5) is 4.79 Å². The number of urea groups is 1. The summed E-state index contributed by atoms with van der Waals surface area (Å²) in [7, 11) is 3.78. The second kappa shape index (κ2) is 13.3. The van der Waals surface area contributed by atoms with Crippen LogP contribution in [0, 0.1) is 12.3 Å². The highest BCUT2D eigenvalue weighted by molar-refractivity contribution is 6.03. The van der Waals surface area contributed by atoms with Crippen LogP contribution in [-0.4, -0.2) is 55.3 Å². The van der Waals surface area contributed by atoms with Crippen LogP contribution in [0.15, 0.2) is 48.5 Å². The minimum Gasteiger partial charge on any atom is -0.469 e. The first-order chi connectivity index (χ1) is 18.2. The van der Waals surface area contributed by atoms with E-state index < -0.39 is 17.7 Å². The molecular formula is C31H45N3O4. The van der Waals surface area contributed by atoms with Crippen LogP contribution in [0.25, 0.3) is 0 Å². The van der Waals surface area contributed by atoms with E-state index in [1.165, 1.54) is 10.5 Å². The fraction of sp³-hybridized carbons (Fsp3) is 0.548. The van der Waals surface area contributed by atoms with Gasteiger partial charge in [0.05, 0.1) is 12.6 Å². The van der Waals surface area contributed by atoms with Gasteiger partial charge in [-0.3, -0.25) is 9.69 Å². The van der Waals surface area contributed by atoms with Gasteiger partial charge in [0.15, 0.2) is 6.23 Å². The van der Waals surface area contributed by atoms with Crippen molar-refractivity contribution in [3.05, 3.63) is 65.2 Å². The molecule has 1 saturated heterocycles. The number of β-lactam (4-membered cyclic amide) rings is 1. The number of carbonyl (C=O) groups excluding carboxylic acids is 2. The lowest BCUT2D eigenvalue weighted by Crippen LogP contribution is -2.73. The fourth-order valence-electron chi connectivity index (χ4n) is 5.16. The molecule has 0 aliphatic carbocycles. The maximum atomic E-state index is 13.5. The Morgan fingerprint density at radius 2 is 1.66 bits per heavy atom. The van der Waals surface area contributed by atoms with Crippen LogP contribution < -0.4 is 10.1 Å². The Hall–Kier alpha value is -2.90. The largest absolute Gasteiger partial charge is 0.469 e. The average Bonchev–Trinajstić information content (AvgIpc) is 2.92. The SMILES string of the molecule is CCC[C@@H](NC(=O)N1C(=O)C(CC)(CC)[C@@H]1Oc1ccc([C@H](C)N(C)CCOC)cc1)c1ccc(C)cc1. The monoisotopic (exact) mass is 523 g/mol. The summed E-state index contributed by atoms with van der Waals surface area (Å²) in [6.45, 7) is 11.8. The molecule has 1 heterocycles. The van der Waals surface area contributed by atoms with Gasteiger partial charge in [0, 0.05) is 19.7 Å². The molecule has 1 N–H and O–H groups in total. The van der Waals surface area contributed by atoms with Gasteiger partial charge in [-0.2, -0.15) is 0 Å². The molecule has 2 aromatic rings. The van der Waals surface area contributed by atoms with Crippen molar-refractivity contribution in [3.8, 4) is 5.75 Å². The van der Waals surface area contributed by atoms with E-state index in [1.807, 2.05) is 69.3 Å². The molecule has 7 heteroatoms. The predicted molar refractivity (Wildman–Crippen MR) is 151 cm³/mol. The summed E-state index contributed by atoms with van der Waals surface area (Å²) >= 11 is 0. The zero-order valence-electron chi connectivity index (χ0n) is 24.1. The van der Waals surface area contributed by atoms with Crippen LogP contribution in [-0.2, 0) is 9.53 Å². The third kappa shape index (κ3) is 6.21. The number of aryl methyl sites for hydroxylation is 1. The number of amides is 3. The molecular weight excluding hydrogens is 478 g/mol. The second-order valence-electron chi connectivity index (χ2n) is 10.4. The van der Waals surface area contributed by atoms with Crippen LogP contribution in [0.5, 0.6) is 5.75 Å². The van der Waals surface area contributed by atoms with Gasteiger partial charge in [-0.25, -0.2) is 9.69 Å². The van der Waals surface area contributed by atoms with E-state index in [9.17, 15) is 9.59 Å². The number of imide groups is 1. The molecule has 2 aromatic carbocycles. The molecule has 0 saturated carbocycles. The Morgan fingerprint density at radius 3 is 2.21 bits per heavy atom. The zero-order valence-corrected chi connectivity index (χ0v) is 24.1. The molecule has 0 radical (unpaired) electrons. The van der Waals surface area contributed by atoms with Gasteiger partial charge in [-0.1, -0.05) is 69.2 Å². The Labute approximate surface area is 228 Å². The number of likely N-dealkylation sites (N-methyl/N-ethyl adjacent to an activating group) is 1. The molecule has 0 bridgehead atoms. The molecule has 7 nitrogen and oxygen atoms in total. The maximum absolute atomic E-state index is 13.5. The number of rotatable bonds is 13. The number of hydrogen-bond acceptors (Lipinski definition) is 5. The van der Waals surface area contributed by atoms with Gasteiger partial charge in [0.25, 0.3) is 0 Å². The molecule has 1 fully saturated rings. The number of methoxy groups -OCH3 is 1. The molecule has 0 aromatic heterocycles. The van der Waals surface area contributed by atoms with Crippen LogP contribution in [0.1, 0.15) is 82.2 Å². The second-order valence-corrected chi connectivity index (χ2v) is 10.4. The van der Waals surface area contributed by atoms with Gasteiger partial charge in [0.2, 0.25) is 5.91 Å². The van der Waals surface area contributed by atoms with Crippen LogP contribution in [0.2, 0.25) is 0 Å². The summed E-state index contributed by atoms with van der Waals surface area (Å²) in [5.74, 6) is 0.472. The number of likely N-dealkylation sites (tertiary alicyclic amines) is 1. The molecule has 0 unspecified atom stereocenters. The van der Waals surface area contributed by atoms with Crippen molar-refractivity contribution in [2.75, 3.05) is 27.3 Å². The van der Waals surface area contributed by atoms with E-state index in [0.717, 1.165) is 30.5 Å². The van der Waals surface area contributed by atoms with Crippen molar-refractivity contribution in [2.45, 2.75) is 78.6 Å². The highest BCUT2D eigenvalue weighted by Gasteiger charge is 2.63. The highest BCUT2D eigenvalue weighted by Crippen LogP contribution is 2.46. The zero-order chi connectivity index (χ0) is 27.9. The Balaban J connectivity index is 1.78. The smallest absolute Gasteiger partial charge is 0.327 e. The van der Waals surface area contributed by atoms with E-state index in [-0.39, 0.29) is 18.0 Å². The van der Waals surface area contributed by atoms with Gasteiger partial charge in [-0.15, -0.1) is 0 Å². The maximum Gasteiger partial charge on any atom is 0.327 e. The lowest BCUT2D eigenvalue weighted by molar-refractivity contribution is -0.191.